The molecule has 0 saturated carbocycles. The van der Waals surface area contributed by atoms with Crippen molar-refractivity contribution in [3.05, 3.63) is 152 Å². The second-order valence-corrected chi connectivity index (χ2v) is 12.0. The van der Waals surface area contributed by atoms with Crippen molar-refractivity contribution in [2.24, 2.45) is 0 Å². The van der Waals surface area contributed by atoms with E-state index < -0.39 is 0 Å². The van der Waals surface area contributed by atoms with Crippen LogP contribution in [0.2, 0.25) is 0 Å². The largest absolute Gasteiger partial charge is 0.456 e. The van der Waals surface area contributed by atoms with E-state index in [9.17, 15) is 0 Å². The summed E-state index contributed by atoms with van der Waals surface area (Å²) in [5.74, 6) is 0. The summed E-state index contributed by atoms with van der Waals surface area (Å²) in [7, 11) is 0. The van der Waals surface area contributed by atoms with Gasteiger partial charge < -0.3 is 9.32 Å². The Hall–Kier alpha value is -5.38. The molecule has 7 aromatic carbocycles. The first-order valence-electron chi connectivity index (χ1n) is 14.5. The number of rotatable bonds is 4. The van der Waals surface area contributed by atoms with Gasteiger partial charge in [-0.3, -0.25) is 0 Å². The van der Waals surface area contributed by atoms with Crippen LogP contribution in [0.4, 0.5) is 17.1 Å². The molecule has 0 aliphatic carbocycles. The normalized spacial score (nSPS) is 11.7. The van der Waals surface area contributed by atoms with E-state index in [1.165, 1.54) is 42.1 Å². The van der Waals surface area contributed by atoms with Crippen molar-refractivity contribution in [3.8, 4) is 11.1 Å². The van der Waals surface area contributed by atoms with Crippen LogP contribution < -0.4 is 4.90 Å². The lowest BCUT2D eigenvalue weighted by Crippen LogP contribution is -2.10. The Morgan fingerprint density at radius 3 is 1.88 bits per heavy atom. The Morgan fingerprint density at radius 2 is 1.05 bits per heavy atom. The Balaban J connectivity index is 1.34. The minimum absolute atomic E-state index is 0.897. The molecule has 2 heterocycles. The maximum absolute atomic E-state index is 6.21. The molecule has 0 spiro atoms. The van der Waals surface area contributed by atoms with Crippen LogP contribution in [-0.4, -0.2) is 0 Å². The summed E-state index contributed by atoms with van der Waals surface area (Å²) in [4.78, 5) is 2.41. The van der Waals surface area contributed by atoms with Crippen molar-refractivity contribution in [1.29, 1.82) is 0 Å². The highest BCUT2D eigenvalue weighted by Crippen LogP contribution is 2.47. The molecule has 2 aromatic heterocycles. The quantitative estimate of drug-likeness (QED) is 0.210. The average Bonchev–Trinajstić information content (AvgIpc) is 3.64. The highest BCUT2D eigenvalue weighted by Gasteiger charge is 2.20. The number of para-hydroxylation sites is 1. The van der Waals surface area contributed by atoms with Gasteiger partial charge in [-0.2, -0.15) is 0 Å². The average molecular weight is 568 g/mol. The van der Waals surface area contributed by atoms with Crippen LogP contribution in [0.3, 0.4) is 0 Å². The SMILES string of the molecule is c1ccc(-c2ccc(N(c3ccc4oc5ccccc5c4c3)c3cc4c5ccccc5sc4c4ccccc34)cc2)cc1. The van der Waals surface area contributed by atoms with Gasteiger partial charge in [0, 0.05) is 53.1 Å². The molecule has 3 heteroatoms. The number of hydrogen-bond acceptors (Lipinski definition) is 3. The zero-order valence-electron chi connectivity index (χ0n) is 23.2. The Morgan fingerprint density at radius 1 is 0.419 bits per heavy atom. The van der Waals surface area contributed by atoms with Crippen LogP contribution in [0.25, 0.3) is 64.0 Å². The maximum Gasteiger partial charge on any atom is 0.135 e. The summed E-state index contributed by atoms with van der Waals surface area (Å²) in [5.41, 5.74) is 7.57. The third kappa shape index (κ3) is 3.86. The first-order valence-corrected chi connectivity index (χ1v) is 15.3. The van der Waals surface area contributed by atoms with Crippen LogP contribution in [-0.2, 0) is 0 Å². The van der Waals surface area contributed by atoms with Crippen LogP contribution in [0.5, 0.6) is 0 Å². The molecule has 0 radical (unpaired) electrons. The van der Waals surface area contributed by atoms with Crippen molar-refractivity contribution in [3.63, 3.8) is 0 Å². The molecule has 0 atom stereocenters. The van der Waals surface area contributed by atoms with Gasteiger partial charge in [-0.25, -0.2) is 0 Å². The third-order valence-electron chi connectivity index (χ3n) is 8.45. The van der Waals surface area contributed by atoms with Crippen molar-refractivity contribution in [1.82, 2.24) is 0 Å². The van der Waals surface area contributed by atoms with Crippen LogP contribution in [0.1, 0.15) is 0 Å². The van der Waals surface area contributed by atoms with Crippen molar-refractivity contribution < 1.29 is 4.42 Å². The van der Waals surface area contributed by atoms with E-state index in [1.54, 1.807) is 0 Å². The second kappa shape index (κ2) is 9.59. The lowest BCUT2D eigenvalue weighted by molar-refractivity contribution is 0.669. The topological polar surface area (TPSA) is 16.4 Å². The summed E-state index contributed by atoms with van der Waals surface area (Å²) in [6.07, 6.45) is 0. The summed E-state index contributed by atoms with van der Waals surface area (Å²) < 4.78 is 8.85. The number of anilines is 3. The Bertz CT molecular complexity index is 2450. The number of furan rings is 1. The fourth-order valence-corrected chi connectivity index (χ4v) is 7.65. The summed E-state index contributed by atoms with van der Waals surface area (Å²) >= 11 is 1.88. The van der Waals surface area contributed by atoms with E-state index in [-0.39, 0.29) is 0 Å². The zero-order valence-corrected chi connectivity index (χ0v) is 24.0. The molecule has 0 amide bonds. The lowest BCUT2D eigenvalue weighted by atomic mass is 10.0. The van der Waals surface area contributed by atoms with Crippen molar-refractivity contribution in [2.45, 2.75) is 0 Å². The van der Waals surface area contributed by atoms with Gasteiger partial charge in [-0.05, 0) is 59.7 Å². The first kappa shape index (κ1) is 24.2. The number of fused-ring (bicyclic) bond motifs is 8. The number of benzene rings is 7. The minimum Gasteiger partial charge on any atom is -0.456 e. The molecule has 9 aromatic rings. The fourth-order valence-electron chi connectivity index (χ4n) is 6.43. The van der Waals surface area contributed by atoms with Gasteiger partial charge in [-0.1, -0.05) is 103 Å². The molecule has 0 fully saturated rings. The Kier molecular flexibility index (Phi) is 5.40. The van der Waals surface area contributed by atoms with E-state index >= 15 is 0 Å². The van der Waals surface area contributed by atoms with E-state index in [0.717, 1.165) is 39.0 Å². The summed E-state index contributed by atoms with van der Waals surface area (Å²) in [6.45, 7) is 0. The fraction of sp³-hybridized carbons (Fsp3) is 0. The second-order valence-electron chi connectivity index (χ2n) is 10.9. The van der Waals surface area contributed by atoms with Crippen LogP contribution in [0.15, 0.2) is 156 Å². The molecule has 0 saturated heterocycles. The Labute approximate surface area is 252 Å². The predicted molar refractivity (Wildman–Crippen MR) is 184 cm³/mol. The van der Waals surface area contributed by atoms with Crippen LogP contribution >= 0.6 is 11.3 Å². The molecule has 202 valence electrons. The van der Waals surface area contributed by atoms with Gasteiger partial charge in [0.05, 0.1) is 5.69 Å². The molecule has 2 nitrogen and oxygen atoms in total. The van der Waals surface area contributed by atoms with Gasteiger partial charge in [0.15, 0.2) is 0 Å². The zero-order chi connectivity index (χ0) is 28.3. The molecular weight excluding hydrogens is 543 g/mol. The van der Waals surface area contributed by atoms with Gasteiger partial charge in [-0.15, -0.1) is 11.3 Å². The van der Waals surface area contributed by atoms with Gasteiger partial charge in [0.25, 0.3) is 0 Å². The molecule has 0 aliphatic rings. The smallest absolute Gasteiger partial charge is 0.135 e. The molecule has 43 heavy (non-hydrogen) atoms. The van der Waals surface area contributed by atoms with E-state index in [0.29, 0.717) is 0 Å². The van der Waals surface area contributed by atoms with E-state index in [4.69, 9.17) is 4.42 Å². The van der Waals surface area contributed by atoms with Crippen molar-refractivity contribution >= 4 is 81.3 Å². The minimum atomic E-state index is 0.897. The highest BCUT2D eigenvalue weighted by atomic mass is 32.1. The van der Waals surface area contributed by atoms with E-state index in [2.05, 4.69) is 144 Å². The maximum atomic E-state index is 6.21. The highest BCUT2D eigenvalue weighted by molar-refractivity contribution is 7.26. The molecular formula is C40H25NOS. The van der Waals surface area contributed by atoms with Gasteiger partial charge in [0.2, 0.25) is 0 Å². The molecule has 0 aliphatic heterocycles. The van der Waals surface area contributed by atoms with E-state index in [1.807, 2.05) is 23.5 Å². The monoisotopic (exact) mass is 567 g/mol. The van der Waals surface area contributed by atoms with Crippen molar-refractivity contribution in [2.75, 3.05) is 4.90 Å². The van der Waals surface area contributed by atoms with Gasteiger partial charge in [0.1, 0.15) is 11.2 Å². The standard InChI is InChI=1S/C40H25NOS/c1-2-10-26(11-3-1)27-18-20-28(21-19-27)41(29-22-23-38-34(24-29)31-13-6-8-16-37(31)42-38)36-25-35-32-14-7-9-17-39(32)43-40(35)33-15-5-4-12-30(33)36/h1-25H. The molecule has 9 rings (SSSR count). The molecule has 0 unspecified atom stereocenters. The number of thiophene rings is 1. The molecule has 0 N–H and O–H groups in total. The number of nitrogens with zero attached hydrogens (tertiary/aromatic N) is 1. The summed E-state index contributed by atoms with van der Waals surface area (Å²) in [6, 6.07) is 54.3. The van der Waals surface area contributed by atoms with Crippen LogP contribution in [0, 0.1) is 0 Å². The summed E-state index contributed by atoms with van der Waals surface area (Å²) in [5, 5.41) is 7.33. The third-order valence-corrected chi connectivity index (χ3v) is 9.67. The number of hydrogen-bond donors (Lipinski definition) is 0. The molecule has 0 bridgehead atoms. The van der Waals surface area contributed by atoms with Gasteiger partial charge >= 0.3 is 0 Å². The first-order chi connectivity index (χ1) is 21.3. The lowest BCUT2D eigenvalue weighted by Gasteiger charge is -2.27. The predicted octanol–water partition coefficient (Wildman–Crippen LogP) is 12.2.